The zero-order chi connectivity index (χ0) is 16.4. The molecule has 0 bridgehead atoms. The van der Waals surface area contributed by atoms with Crippen LogP contribution in [-0.4, -0.2) is 42.6 Å². The van der Waals surface area contributed by atoms with E-state index in [0.717, 1.165) is 18.4 Å². The molecule has 2 aliphatic heterocycles. The van der Waals surface area contributed by atoms with Crippen molar-refractivity contribution in [3.63, 3.8) is 0 Å². The van der Waals surface area contributed by atoms with Crippen molar-refractivity contribution in [2.75, 3.05) is 13.7 Å². The maximum absolute atomic E-state index is 13.4. The standard InChI is InChI=1S/C17H20FNO4/c1-22-17(21)15-8-7-14(23-15)16(20)19-9-3-6-13(19)11-4-2-5-12(18)10-11/h2,4-5,10,13-15H,3,6-9H2,1H3/t13-,14-,15+/m1/s1. The Kier molecular flexibility index (Phi) is 4.61. The Hall–Kier alpha value is -1.95. The fraction of sp³-hybridized carbons (Fsp3) is 0.529. The van der Waals surface area contributed by atoms with Gasteiger partial charge in [-0.2, -0.15) is 0 Å². The highest BCUT2D eigenvalue weighted by Crippen LogP contribution is 2.34. The predicted octanol–water partition coefficient (Wildman–Crippen LogP) is 2.21. The lowest BCUT2D eigenvalue weighted by molar-refractivity contribution is -0.157. The van der Waals surface area contributed by atoms with Gasteiger partial charge in [-0.25, -0.2) is 9.18 Å². The van der Waals surface area contributed by atoms with Crippen LogP contribution < -0.4 is 0 Å². The fourth-order valence-corrected chi connectivity index (χ4v) is 3.40. The first-order chi connectivity index (χ1) is 11.1. The molecule has 0 spiro atoms. The maximum atomic E-state index is 13.4. The second-order valence-corrected chi connectivity index (χ2v) is 5.96. The summed E-state index contributed by atoms with van der Waals surface area (Å²) >= 11 is 0. The zero-order valence-electron chi connectivity index (χ0n) is 13.0. The van der Waals surface area contributed by atoms with Crippen LogP contribution in [0.5, 0.6) is 0 Å². The molecule has 3 rings (SSSR count). The lowest BCUT2D eigenvalue weighted by Gasteiger charge is -2.27. The van der Waals surface area contributed by atoms with Crippen molar-refractivity contribution in [1.82, 2.24) is 4.90 Å². The molecule has 2 fully saturated rings. The van der Waals surface area contributed by atoms with Gasteiger partial charge in [-0.05, 0) is 43.4 Å². The molecular weight excluding hydrogens is 301 g/mol. The molecule has 0 radical (unpaired) electrons. The van der Waals surface area contributed by atoms with Crippen LogP contribution in [0.4, 0.5) is 4.39 Å². The van der Waals surface area contributed by atoms with E-state index in [9.17, 15) is 14.0 Å². The Labute approximate surface area is 134 Å². The SMILES string of the molecule is COC(=O)[C@@H]1CC[C@H](C(=O)N2CCC[C@@H]2c2cccc(F)c2)O1. The van der Waals surface area contributed by atoms with E-state index in [1.165, 1.54) is 19.2 Å². The number of carbonyl (C=O) groups is 2. The second-order valence-electron chi connectivity index (χ2n) is 5.96. The predicted molar refractivity (Wildman–Crippen MR) is 80.0 cm³/mol. The van der Waals surface area contributed by atoms with Gasteiger partial charge in [0.1, 0.15) is 11.9 Å². The number of ether oxygens (including phenoxy) is 2. The van der Waals surface area contributed by atoms with Gasteiger partial charge < -0.3 is 14.4 Å². The molecule has 23 heavy (non-hydrogen) atoms. The van der Waals surface area contributed by atoms with E-state index < -0.39 is 18.2 Å². The van der Waals surface area contributed by atoms with Crippen LogP contribution in [-0.2, 0) is 19.1 Å². The van der Waals surface area contributed by atoms with Gasteiger partial charge in [-0.15, -0.1) is 0 Å². The summed E-state index contributed by atoms with van der Waals surface area (Å²) in [5.74, 6) is -0.865. The summed E-state index contributed by atoms with van der Waals surface area (Å²) in [6.45, 7) is 0.628. The van der Waals surface area contributed by atoms with Crippen LogP contribution >= 0.6 is 0 Å². The van der Waals surface area contributed by atoms with Crippen molar-refractivity contribution in [3.05, 3.63) is 35.6 Å². The molecule has 5 nitrogen and oxygen atoms in total. The molecule has 1 aromatic carbocycles. The molecule has 0 saturated carbocycles. The van der Waals surface area contributed by atoms with Gasteiger partial charge >= 0.3 is 5.97 Å². The summed E-state index contributed by atoms with van der Waals surface area (Å²) in [7, 11) is 1.31. The average molecular weight is 321 g/mol. The van der Waals surface area contributed by atoms with E-state index in [2.05, 4.69) is 4.74 Å². The summed E-state index contributed by atoms with van der Waals surface area (Å²) in [5, 5.41) is 0. The third kappa shape index (κ3) is 3.22. The van der Waals surface area contributed by atoms with E-state index in [0.29, 0.717) is 19.4 Å². The first kappa shape index (κ1) is 15.9. The van der Waals surface area contributed by atoms with Crippen LogP contribution in [0.15, 0.2) is 24.3 Å². The van der Waals surface area contributed by atoms with Crippen molar-refractivity contribution < 1.29 is 23.5 Å². The van der Waals surface area contributed by atoms with Crippen molar-refractivity contribution in [3.8, 4) is 0 Å². The topological polar surface area (TPSA) is 55.8 Å². The number of likely N-dealkylation sites (tertiary alicyclic amines) is 1. The first-order valence-corrected chi connectivity index (χ1v) is 7.89. The smallest absolute Gasteiger partial charge is 0.335 e. The molecule has 1 aromatic rings. The molecular formula is C17H20FNO4. The van der Waals surface area contributed by atoms with Crippen molar-refractivity contribution in [2.24, 2.45) is 0 Å². The van der Waals surface area contributed by atoms with Gasteiger partial charge in [0, 0.05) is 6.54 Å². The number of rotatable bonds is 3. The van der Waals surface area contributed by atoms with Crippen molar-refractivity contribution in [2.45, 2.75) is 43.9 Å². The Bertz CT molecular complexity index is 606. The van der Waals surface area contributed by atoms with Crippen LogP contribution in [0.25, 0.3) is 0 Å². The molecule has 124 valence electrons. The van der Waals surface area contributed by atoms with E-state index in [1.54, 1.807) is 11.0 Å². The Morgan fingerprint density at radius 3 is 2.78 bits per heavy atom. The summed E-state index contributed by atoms with van der Waals surface area (Å²) in [6, 6.07) is 6.24. The van der Waals surface area contributed by atoms with E-state index in [4.69, 9.17) is 4.74 Å². The minimum Gasteiger partial charge on any atom is -0.467 e. The number of carbonyl (C=O) groups excluding carboxylic acids is 2. The number of hydrogen-bond donors (Lipinski definition) is 0. The first-order valence-electron chi connectivity index (χ1n) is 7.89. The number of esters is 1. The van der Waals surface area contributed by atoms with Gasteiger partial charge in [0.2, 0.25) is 0 Å². The van der Waals surface area contributed by atoms with E-state index in [-0.39, 0.29) is 17.8 Å². The van der Waals surface area contributed by atoms with Crippen LogP contribution in [0.1, 0.15) is 37.3 Å². The number of methoxy groups -OCH3 is 1. The summed E-state index contributed by atoms with van der Waals surface area (Å²) in [5.41, 5.74) is 0.804. The normalized spacial score (nSPS) is 27.2. The van der Waals surface area contributed by atoms with Gasteiger partial charge in [0.05, 0.1) is 13.2 Å². The molecule has 0 N–H and O–H groups in total. The van der Waals surface area contributed by atoms with Crippen LogP contribution in [0.3, 0.4) is 0 Å². The molecule has 0 unspecified atom stereocenters. The molecule has 1 amide bonds. The minimum atomic E-state index is -0.663. The highest BCUT2D eigenvalue weighted by atomic mass is 19.1. The number of nitrogens with zero attached hydrogens (tertiary/aromatic N) is 1. The molecule has 2 aliphatic rings. The number of halogens is 1. The molecule has 2 saturated heterocycles. The Morgan fingerprint density at radius 2 is 2.04 bits per heavy atom. The maximum Gasteiger partial charge on any atom is 0.335 e. The largest absolute Gasteiger partial charge is 0.467 e. The Balaban J connectivity index is 1.70. The third-order valence-electron chi connectivity index (χ3n) is 4.53. The third-order valence-corrected chi connectivity index (χ3v) is 4.53. The fourth-order valence-electron chi connectivity index (χ4n) is 3.40. The van der Waals surface area contributed by atoms with E-state index in [1.807, 2.05) is 6.07 Å². The van der Waals surface area contributed by atoms with Gasteiger partial charge in [-0.3, -0.25) is 4.79 Å². The quantitative estimate of drug-likeness (QED) is 0.801. The van der Waals surface area contributed by atoms with Gasteiger partial charge in [0.25, 0.3) is 5.91 Å². The highest BCUT2D eigenvalue weighted by molar-refractivity contribution is 5.83. The summed E-state index contributed by atoms with van der Waals surface area (Å²) in [4.78, 5) is 26.0. The van der Waals surface area contributed by atoms with Gasteiger partial charge in [0.15, 0.2) is 6.10 Å². The molecule has 0 aliphatic carbocycles. The highest BCUT2D eigenvalue weighted by Gasteiger charge is 2.40. The number of amides is 1. The van der Waals surface area contributed by atoms with Crippen molar-refractivity contribution >= 4 is 11.9 Å². The minimum absolute atomic E-state index is 0.122. The van der Waals surface area contributed by atoms with E-state index >= 15 is 0 Å². The zero-order valence-corrected chi connectivity index (χ0v) is 13.0. The molecule has 0 aromatic heterocycles. The molecule has 2 heterocycles. The van der Waals surface area contributed by atoms with Crippen molar-refractivity contribution in [1.29, 1.82) is 0 Å². The monoisotopic (exact) mass is 321 g/mol. The second kappa shape index (κ2) is 6.66. The lowest BCUT2D eigenvalue weighted by Crippen LogP contribution is -2.39. The van der Waals surface area contributed by atoms with Crippen LogP contribution in [0, 0.1) is 5.82 Å². The Morgan fingerprint density at radius 1 is 1.26 bits per heavy atom. The van der Waals surface area contributed by atoms with Gasteiger partial charge in [-0.1, -0.05) is 12.1 Å². The summed E-state index contributed by atoms with van der Waals surface area (Å²) < 4.78 is 23.7. The average Bonchev–Trinajstić information content (AvgIpc) is 3.22. The summed E-state index contributed by atoms with van der Waals surface area (Å²) in [6.07, 6.45) is 1.40. The molecule has 3 atom stereocenters. The van der Waals surface area contributed by atoms with Crippen LogP contribution in [0.2, 0.25) is 0 Å². The lowest BCUT2D eigenvalue weighted by atomic mass is 10.0. The number of hydrogen-bond acceptors (Lipinski definition) is 4. The molecule has 6 heteroatoms. The number of benzene rings is 1.